The lowest BCUT2D eigenvalue weighted by molar-refractivity contribution is -0.126. The fourth-order valence-corrected chi connectivity index (χ4v) is 1.06. The minimum absolute atomic E-state index is 0.00576. The van der Waals surface area contributed by atoms with Crippen LogP contribution < -0.4 is 5.32 Å². The van der Waals surface area contributed by atoms with Crippen LogP contribution >= 0.6 is 0 Å². The Bertz CT molecular complexity index is 338. The lowest BCUT2D eigenvalue weighted by Crippen LogP contribution is -2.32. The molecule has 1 aromatic rings. The molecule has 1 amide bonds. The van der Waals surface area contributed by atoms with E-state index in [1.54, 1.807) is 19.2 Å². The van der Waals surface area contributed by atoms with Crippen LogP contribution in [0.15, 0.2) is 18.3 Å². The number of pyridine rings is 1. The summed E-state index contributed by atoms with van der Waals surface area (Å²) in [5.41, 5.74) is 1.01. The zero-order valence-electron chi connectivity index (χ0n) is 9.43. The molecule has 1 atom stereocenters. The number of rotatable bonds is 5. The number of hydrogen-bond acceptors (Lipinski definition) is 4. The molecule has 0 radical (unpaired) electrons. The average molecular weight is 224 g/mol. The Hall–Kier alpha value is -1.46. The molecule has 1 rings (SSSR count). The maximum atomic E-state index is 11.4. The summed E-state index contributed by atoms with van der Waals surface area (Å²) < 4.78 is 4.94. The van der Waals surface area contributed by atoms with Crippen molar-refractivity contribution in [3.8, 4) is 0 Å². The molecule has 1 unspecified atom stereocenters. The van der Waals surface area contributed by atoms with Gasteiger partial charge in [0.1, 0.15) is 5.82 Å². The number of nitrogens with zero attached hydrogens (tertiary/aromatic N) is 1. The number of nitrogens with one attached hydrogen (secondary N) is 1. The molecule has 0 aromatic carbocycles. The Morgan fingerprint density at radius 3 is 2.94 bits per heavy atom. The Labute approximate surface area is 94.5 Å². The van der Waals surface area contributed by atoms with Gasteiger partial charge in [-0.25, -0.2) is 4.98 Å². The normalized spacial score (nSPS) is 12.2. The van der Waals surface area contributed by atoms with Gasteiger partial charge in [0.2, 0.25) is 0 Å². The third kappa shape index (κ3) is 3.96. The minimum atomic E-state index is -1.16. The van der Waals surface area contributed by atoms with E-state index >= 15 is 0 Å². The molecule has 0 saturated carbocycles. The lowest BCUT2D eigenvalue weighted by Gasteiger charge is -2.10. The van der Waals surface area contributed by atoms with Crippen molar-refractivity contribution < 1.29 is 14.6 Å². The molecule has 0 aliphatic heterocycles. The molecular formula is C11H16N2O3. The lowest BCUT2D eigenvalue weighted by atomic mass is 10.3. The summed E-state index contributed by atoms with van der Waals surface area (Å²) in [6, 6.07) is 3.51. The van der Waals surface area contributed by atoms with Crippen molar-refractivity contribution in [3.05, 3.63) is 23.9 Å². The Balaban J connectivity index is 2.47. The molecule has 0 fully saturated rings. The van der Waals surface area contributed by atoms with Crippen LogP contribution in [0.1, 0.15) is 12.5 Å². The first-order valence-corrected chi connectivity index (χ1v) is 5.12. The molecule has 0 aliphatic carbocycles. The van der Waals surface area contributed by atoms with Crippen LogP contribution in [0, 0.1) is 6.92 Å². The second kappa shape index (κ2) is 6.19. The number of carbonyl (C=O) groups is 1. The highest BCUT2D eigenvalue weighted by Gasteiger charge is 2.15. The van der Waals surface area contributed by atoms with Gasteiger partial charge in [0.05, 0.1) is 6.61 Å². The van der Waals surface area contributed by atoms with E-state index in [1.807, 2.05) is 13.0 Å². The molecule has 88 valence electrons. The van der Waals surface area contributed by atoms with Crippen LogP contribution in [0.5, 0.6) is 0 Å². The largest absolute Gasteiger partial charge is 0.381 e. The van der Waals surface area contributed by atoms with Crippen molar-refractivity contribution in [2.45, 2.75) is 20.0 Å². The third-order valence-electron chi connectivity index (χ3n) is 1.95. The highest BCUT2D eigenvalue weighted by atomic mass is 16.5. The zero-order chi connectivity index (χ0) is 12.0. The number of ether oxygens (including phenoxy) is 1. The van der Waals surface area contributed by atoms with Gasteiger partial charge < -0.3 is 15.2 Å². The monoisotopic (exact) mass is 224 g/mol. The quantitative estimate of drug-likeness (QED) is 0.773. The van der Waals surface area contributed by atoms with Gasteiger partial charge in [-0.3, -0.25) is 4.79 Å². The van der Waals surface area contributed by atoms with E-state index in [0.717, 1.165) is 5.56 Å². The summed E-state index contributed by atoms with van der Waals surface area (Å²) in [5, 5.41) is 11.9. The van der Waals surface area contributed by atoms with Crippen LogP contribution in [-0.2, 0) is 9.53 Å². The number of aryl methyl sites for hydroxylation is 1. The van der Waals surface area contributed by atoms with Gasteiger partial charge in [-0.2, -0.15) is 0 Å². The standard InChI is InChI=1S/C11H16N2O3/c1-3-16-7-9(14)11(15)13-10-5-4-8(2)6-12-10/h4-6,9,14H,3,7H2,1-2H3,(H,12,13,15). The zero-order valence-corrected chi connectivity index (χ0v) is 9.43. The van der Waals surface area contributed by atoms with Gasteiger partial charge >= 0.3 is 0 Å². The number of amides is 1. The van der Waals surface area contributed by atoms with Crippen molar-refractivity contribution in [2.24, 2.45) is 0 Å². The first kappa shape index (κ1) is 12.6. The Kier molecular flexibility index (Phi) is 4.88. The minimum Gasteiger partial charge on any atom is -0.381 e. The molecule has 0 aliphatic rings. The van der Waals surface area contributed by atoms with Crippen LogP contribution in [-0.4, -0.2) is 35.3 Å². The van der Waals surface area contributed by atoms with Crippen LogP contribution in [0.3, 0.4) is 0 Å². The maximum absolute atomic E-state index is 11.4. The van der Waals surface area contributed by atoms with Gasteiger partial charge in [0.25, 0.3) is 5.91 Å². The Morgan fingerprint density at radius 2 is 2.38 bits per heavy atom. The van der Waals surface area contributed by atoms with E-state index in [4.69, 9.17) is 4.74 Å². The molecule has 0 spiro atoms. The molecule has 1 heterocycles. The third-order valence-corrected chi connectivity index (χ3v) is 1.95. The van der Waals surface area contributed by atoms with Gasteiger partial charge in [-0.15, -0.1) is 0 Å². The van der Waals surface area contributed by atoms with Gasteiger partial charge in [-0.05, 0) is 25.5 Å². The molecule has 0 bridgehead atoms. The highest BCUT2D eigenvalue weighted by Crippen LogP contribution is 2.04. The SMILES string of the molecule is CCOCC(O)C(=O)Nc1ccc(C)cn1. The van der Waals surface area contributed by atoms with E-state index < -0.39 is 12.0 Å². The van der Waals surface area contributed by atoms with E-state index in [2.05, 4.69) is 10.3 Å². The predicted octanol–water partition coefficient (Wildman–Crippen LogP) is 0.726. The molecule has 1 aromatic heterocycles. The fraction of sp³-hybridized carbons (Fsp3) is 0.455. The summed E-state index contributed by atoms with van der Waals surface area (Å²) in [7, 11) is 0. The first-order valence-electron chi connectivity index (χ1n) is 5.12. The van der Waals surface area contributed by atoms with Crippen molar-refractivity contribution in [1.29, 1.82) is 0 Å². The smallest absolute Gasteiger partial charge is 0.256 e. The second-order valence-electron chi connectivity index (χ2n) is 3.39. The van der Waals surface area contributed by atoms with Gasteiger partial charge in [-0.1, -0.05) is 6.07 Å². The number of anilines is 1. The maximum Gasteiger partial charge on any atom is 0.256 e. The van der Waals surface area contributed by atoms with E-state index in [9.17, 15) is 9.90 Å². The van der Waals surface area contributed by atoms with Crippen molar-refractivity contribution >= 4 is 11.7 Å². The molecule has 0 saturated heterocycles. The summed E-state index contributed by atoms with van der Waals surface area (Å²) in [6.45, 7) is 4.16. The van der Waals surface area contributed by atoms with Gasteiger partial charge in [0, 0.05) is 12.8 Å². The number of aliphatic hydroxyl groups excluding tert-OH is 1. The van der Waals surface area contributed by atoms with E-state index in [-0.39, 0.29) is 6.61 Å². The number of carbonyl (C=O) groups excluding carboxylic acids is 1. The highest BCUT2D eigenvalue weighted by molar-refractivity contribution is 5.93. The number of hydrogen-bond donors (Lipinski definition) is 2. The topological polar surface area (TPSA) is 71.5 Å². The summed E-state index contributed by atoms with van der Waals surface area (Å²) >= 11 is 0. The molecule has 16 heavy (non-hydrogen) atoms. The van der Waals surface area contributed by atoms with Crippen LogP contribution in [0.25, 0.3) is 0 Å². The van der Waals surface area contributed by atoms with E-state index in [0.29, 0.717) is 12.4 Å². The first-order chi connectivity index (χ1) is 7.63. The molecule has 2 N–H and O–H groups in total. The molecular weight excluding hydrogens is 208 g/mol. The predicted molar refractivity (Wildman–Crippen MR) is 60.1 cm³/mol. The van der Waals surface area contributed by atoms with Gasteiger partial charge in [0.15, 0.2) is 6.10 Å². The number of aromatic nitrogens is 1. The van der Waals surface area contributed by atoms with E-state index in [1.165, 1.54) is 0 Å². The average Bonchev–Trinajstić information content (AvgIpc) is 2.29. The fourth-order valence-electron chi connectivity index (χ4n) is 1.06. The number of aliphatic hydroxyl groups is 1. The molecule has 5 heteroatoms. The van der Waals surface area contributed by atoms with Crippen molar-refractivity contribution in [3.63, 3.8) is 0 Å². The summed E-state index contributed by atoms with van der Waals surface area (Å²) in [4.78, 5) is 15.4. The summed E-state index contributed by atoms with van der Waals surface area (Å²) in [5.74, 6) is -0.0871. The van der Waals surface area contributed by atoms with Crippen molar-refractivity contribution in [2.75, 3.05) is 18.5 Å². The van der Waals surface area contributed by atoms with Crippen LogP contribution in [0.2, 0.25) is 0 Å². The van der Waals surface area contributed by atoms with Crippen LogP contribution in [0.4, 0.5) is 5.82 Å². The summed E-state index contributed by atoms with van der Waals surface area (Å²) in [6.07, 6.45) is 0.480. The Morgan fingerprint density at radius 1 is 1.62 bits per heavy atom. The molecule has 5 nitrogen and oxygen atoms in total. The van der Waals surface area contributed by atoms with Crippen molar-refractivity contribution in [1.82, 2.24) is 4.98 Å². The second-order valence-corrected chi connectivity index (χ2v) is 3.39.